The highest BCUT2D eigenvalue weighted by Crippen LogP contribution is 2.12. The van der Waals surface area contributed by atoms with Gasteiger partial charge in [-0.15, -0.1) is 0 Å². The summed E-state index contributed by atoms with van der Waals surface area (Å²) in [6.45, 7) is 3.63. The molecule has 5 heteroatoms. The first-order chi connectivity index (χ1) is 8.54. The lowest BCUT2D eigenvalue weighted by atomic mass is 10.0. The molecule has 0 aliphatic rings. The number of anilines is 1. The Morgan fingerprint density at radius 2 is 1.78 bits per heavy atom. The summed E-state index contributed by atoms with van der Waals surface area (Å²) in [6.07, 6.45) is -0.737. The number of imide groups is 1. The van der Waals surface area contributed by atoms with Crippen molar-refractivity contribution >= 4 is 17.7 Å². The van der Waals surface area contributed by atoms with Crippen LogP contribution in [0, 0.1) is 5.92 Å². The number of alkyl carbamates (subject to hydrolysis) is 1. The summed E-state index contributed by atoms with van der Waals surface area (Å²) >= 11 is 0. The molecule has 98 valence electrons. The van der Waals surface area contributed by atoms with Gasteiger partial charge in [0.05, 0.1) is 13.0 Å². The van der Waals surface area contributed by atoms with Crippen molar-refractivity contribution in [3.63, 3.8) is 0 Å². The van der Waals surface area contributed by atoms with Gasteiger partial charge in [-0.1, -0.05) is 25.1 Å². The van der Waals surface area contributed by atoms with Gasteiger partial charge in [0, 0.05) is 11.7 Å². The Morgan fingerprint density at radius 3 is 2.33 bits per heavy atom. The fourth-order valence-electron chi connectivity index (χ4n) is 1.41. The lowest BCUT2D eigenvalue weighted by Crippen LogP contribution is -2.40. The molecular weight excluding hydrogens is 232 g/mol. The molecule has 0 fully saturated rings. The van der Waals surface area contributed by atoms with Crippen LogP contribution in [-0.4, -0.2) is 25.2 Å². The minimum Gasteiger partial charge on any atom is -0.453 e. The van der Waals surface area contributed by atoms with Crippen molar-refractivity contribution in [1.29, 1.82) is 0 Å². The summed E-state index contributed by atoms with van der Waals surface area (Å²) in [4.78, 5) is 22.6. The number of hydrogen-bond acceptors (Lipinski definition) is 4. The van der Waals surface area contributed by atoms with Gasteiger partial charge < -0.3 is 10.1 Å². The SMILES string of the molecule is COC(=O)NC(=O)[C@@H](C)[C@H](C)Nc1ccccc1. The number of benzene rings is 1. The number of nitrogens with one attached hydrogen (secondary N) is 2. The first-order valence-corrected chi connectivity index (χ1v) is 5.75. The summed E-state index contributed by atoms with van der Waals surface area (Å²) in [5.74, 6) is -0.720. The monoisotopic (exact) mass is 250 g/mol. The van der Waals surface area contributed by atoms with Crippen LogP contribution in [0.4, 0.5) is 10.5 Å². The summed E-state index contributed by atoms with van der Waals surface area (Å²) in [5, 5.41) is 5.36. The summed E-state index contributed by atoms with van der Waals surface area (Å²) < 4.78 is 4.38. The van der Waals surface area contributed by atoms with E-state index in [-0.39, 0.29) is 17.9 Å². The molecule has 2 atom stereocenters. The Morgan fingerprint density at radius 1 is 1.17 bits per heavy atom. The fourth-order valence-corrected chi connectivity index (χ4v) is 1.41. The Hall–Kier alpha value is -2.04. The lowest BCUT2D eigenvalue weighted by molar-refractivity contribution is -0.124. The molecule has 0 aliphatic heterocycles. The van der Waals surface area contributed by atoms with Crippen molar-refractivity contribution < 1.29 is 14.3 Å². The fraction of sp³-hybridized carbons (Fsp3) is 0.385. The molecule has 0 bridgehead atoms. The molecule has 0 saturated heterocycles. The van der Waals surface area contributed by atoms with Gasteiger partial charge in [-0.3, -0.25) is 10.1 Å². The van der Waals surface area contributed by atoms with E-state index in [1.807, 2.05) is 37.3 Å². The van der Waals surface area contributed by atoms with Crippen molar-refractivity contribution in [3.05, 3.63) is 30.3 Å². The Labute approximate surface area is 107 Å². The summed E-state index contributed by atoms with van der Waals surface area (Å²) in [6, 6.07) is 9.48. The van der Waals surface area contributed by atoms with Gasteiger partial charge in [0.15, 0.2) is 0 Å². The normalized spacial score (nSPS) is 13.3. The van der Waals surface area contributed by atoms with E-state index in [2.05, 4.69) is 15.4 Å². The van der Waals surface area contributed by atoms with Crippen molar-refractivity contribution in [1.82, 2.24) is 5.32 Å². The standard InChI is InChI=1S/C13H18N2O3/c1-9(12(16)15-13(17)18-3)10(2)14-11-7-5-4-6-8-11/h4-10,14H,1-3H3,(H,15,16,17)/t9-,10-/m0/s1. The van der Waals surface area contributed by atoms with Crippen LogP contribution < -0.4 is 10.6 Å². The maximum atomic E-state index is 11.7. The maximum absolute atomic E-state index is 11.7. The number of methoxy groups -OCH3 is 1. The van der Waals surface area contributed by atoms with E-state index in [9.17, 15) is 9.59 Å². The topological polar surface area (TPSA) is 67.4 Å². The first kappa shape index (κ1) is 14.0. The number of amides is 2. The molecule has 1 aromatic carbocycles. The van der Waals surface area contributed by atoms with Crippen LogP contribution >= 0.6 is 0 Å². The number of carbonyl (C=O) groups is 2. The molecule has 0 heterocycles. The molecule has 0 unspecified atom stereocenters. The van der Waals surface area contributed by atoms with Crippen molar-refractivity contribution in [2.24, 2.45) is 5.92 Å². The van der Waals surface area contributed by atoms with Gasteiger partial charge >= 0.3 is 6.09 Å². The van der Waals surface area contributed by atoms with Crippen LogP contribution in [0.25, 0.3) is 0 Å². The molecule has 0 aliphatic carbocycles. The molecule has 5 nitrogen and oxygen atoms in total. The third kappa shape index (κ3) is 4.08. The van der Waals surface area contributed by atoms with Crippen LogP contribution in [-0.2, 0) is 9.53 Å². The highest BCUT2D eigenvalue weighted by atomic mass is 16.5. The first-order valence-electron chi connectivity index (χ1n) is 5.75. The molecule has 0 spiro atoms. The van der Waals surface area contributed by atoms with Crippen LogP contribution in [0.3, 0.4) is 0 Å². The molecule has 2 amide bonds. The molecule has 1 aromatic rings. The van der Waals surface area contributed by atoms with E-state index >= 15 is 0 Å². The number of carbonyl (C=O) groups excluding carboxylic acids is 2. The smallest absolute Gasteiger partial charge is 0.413 e. The van der Waals surface area contributed by atoms with Gasteiger partial charge in [-0.05, 0) is 19.1 Å². The predicted octanol–water partition coefficient (Wildman–Crippen LogP) is 2.01. The predicted molar refractivity (Wildman–Crippen MR) is 69.2 cm³/mol. The number of ether oxygens (including phenoxy) is 1. The van der Waals surface area contributed by atoms with E-state index in [0.29, 0.717) is 0 Å². The minimum atomic E-state index is -0.737. The molecule has 0 aromatic heterocycles. The highest BCUT2D eigenvalue weighted by molar-refractivity contribution is 5.93. The van der Waals surface area contributed by atoms with Gasteiger partial charge in [-0.2, -0.15) is 0 Å². The zero-order chi connectivity index (χ0) is 13.5. The zero-order valence-electron chi connectivity index (χ0n) is 10.8. The van der Waals surface area contributed by atoms with Crippen LogP contribution in [0.2, 0.25) is 0 Å². The molecule has 18 heavy (non-hydrogen) atoms. The molecule has 1 rings (SSSR count). The van der Waals surface area contributed by atoms with Gasteiger partial charge in [0.1, 0.15) is 0 Å². The van der Waals surface area contributed by atoms with Gasteiger partial charge in [-0.25, -0.2) is 4.79 Å². The van der Waals surface area contributed by atoms with E-state index in [0.717, 1.165) is 5.69 Å². The van der Waals surface area contributed by atoms with E-state index in [1.165, 1.54) is 7.11 Å². The third-order valence-corrected chi connectivity index (χ3v) is 2.74. The number of hydrogen-bond donors (Lipinski definition) is 2. The second-order valence-electron chi connectivity index (χ2n) is 4.07. The molecular formula is C13H18N2O3. The average Bonchev–Trinajstić information content (AvgIpc) is 2.38. The zero-order valence-corrected chi connectivity index (χ0v) is 10.8. The number of rotatable bonds is 4. The summed E-state index contributed by atoms with van der Waals surface area (Å²) in [7, 11) is 1.22. The van der Waals surface area contributed by atoms with Gasteiger partial charge in [0.25, 0.3) is 0 Å². The second kappa shape index (κ2) is 6.64. The second-order valence-corrected chi connectivity index (χ2v) is 4.07. The Kier molecular flexibility index (Phi) is 5.17. The number of para-hydroxylation sites is 1. The lowest BCUT2D eigenvalue weighted by Gasteiger charge is -2.21. The minimum absolute atomic E-state index is 0.0999. The molecule has 0 radical (unpaired) electrons. The van der Waals surface area contributed by atoms with Crippen molar-refractivity contribution in [2.45, 2.75) is 19.9 Å². The molecule has 0 saturated carbocycles. The highest BCUT2D eigenvalue weighted by Gasteiger charge is 2.21. The van der Waals surface area contributed by atoms with E-state index < -0.39 is 6.09 Å². The average molecular weight is 250 g/mol. The van der Waals surface area contributed by atoms with E-state index in [4.69, 9.17) is 0 Å². The summed E-state index contributed by atoms with van der Waals surface area (Å²) in [5.41, 5.74) is 0.933. The van der Waals surface area contributed by atoms with E-state index in [1.54, 1.807) is 6.92 Å². The van der Waals surface area contributed by atoms with Crippen molar-refractivity contribution in [2.75, 3.05) is 12.4 Å². The molecule has 2 N–H and O–H groups in total. The van der Waals surface area contributed by atoms with Crippen LogP contribution in [0.5, 0.6) is 0 Å². The van der Waals surface area contributed by atoms with Crippen LogP contribution in [0.1, 0.15) is 13.8 Å². The quantitative estimate of drug-likeness (QED) is 0.857. The van der Waals surface area contributed by atoms with Gasteiger partial charge in [0.2, 0.25) is 5.91 Å². The van der Waals surface area contributed by atoms with Crippen LogP contribution in [0.15, 0.2) is 30.3 Å². The third-order valence-electron chi connectivity index (χ3n) is 2.74. The Bertz CT molecular complexity index is 406. The van der Waals surface area contributed by atoms with Crippen molar-refractivity contribution in [3.8, 4) is 0 Å². The largest absolute Gasteiger partial charge is 0.453 e. The Balaban J connectivity index is 2.53. The maximum Gasteiger partial charge on any atom is 0.413 e.